The zero-order valence-corrected chi connectivity index (χ0v) is 78.8. The molecule has 18 nitrogen and oxygen atoms in total. The maximum atomic E-state index is 8.56. The number of hydrogen-bond donors (Lipinski definition) is 8. The molecule has 2 aliphatic heterocycles. The van der Waals surface area contributed by atoms with Crippen LogP contribution < -0.4 is 9.80 Å². The molecule has 0 saturated heterocycles. The average Bonchev–Trinajstić information content (AvgIpc) is 1.56. The summed E-state index contributed by atoms with van der Waals surface area (Å²) in [7, 11) is 0. The number of rotatable bonds is 15. The van der Waals surface area contributed by atoms with Crippen LogP contribution in [0.25, 0.3) is 66.9 Å². The minimum absolute atomic E-state index is 0. The fourth-order valence-corrected chi connectivity index (χ4v) is 13.8. The number of anilines is 4. The largest absolute Gasteiger partial charge is 0.410 e. The molecule has 4 aromatic heterocycles. The Hall–Kier alpha value is -7.78. The Morgan fingerprint density at radius 1 is 0.368 bits per heavy atom. The molecule has 3 aliphatic rings. The first-order chi connectivity index (χ1) is 54.1. The third kappa shape index (κ3) is 31.1. The number of aliphatic hydroxyl groups is 8. The summed E-state index contributed by atoms with van der Waals surface area (Å²) >= 11 is 0. The molecule has 8 unspecified atom stereocenters. The van der Waals surface area contributed by atoms with Crippen LogP contribution in [0.15, 0.2) is 207 Å². The van der Waals surface area contributed by atoms with Crippen molar-refractivity contribution in [2.45, 2.75) is 203 Å². The van der Waals surface area contributed by atoms with Crippen LogP contribution in [0.3, 0.4) is 0 Å². The smallest absolute Gasteiger partial charge is 0.0536 e. The Morgan fingerprint density at radius 3 is 1.17 bits per heavy atom. The van der Waals surface area contributed by atoms with Gasteiger partial charge in [-0.15, -0.1) is 117 Å². The van der Waals surface area contributed by atoms with Crippen LogP contribution in [-0.4, -0.2) is 143 Å². The van der Waals surface area contributed by atoms with Crippen molar-refractivity contribution in [3.05, 3.63) is 277 Å². The van der Waals surface area contributed by atoms with Gasteiger partial charge in [0.25, 0.3) is 0 Å². The molecule has 4 radical (unpaired) electrons. The second-order valence-electron chi connectivity index (χ2n) is 29.7. The van der Waals surface area contributed by atoms with Crippen LogP contribution in [-0.2, 0) is 98.7 Å². The third-order valence-corrected chi connectivity index (χ3v) is 18.8. The molecule has 0 fully saturated rings. The van der Waals surface area contributed by atoms with E-state index in [1.807, 2.05) is 94.4 Å². The minimum Gasteiger partial charge on any atom is -0.410 e. The Bertz CT molecular complexity index is 4740. The summed E-state index contributed by atoms with van der Waals surface area (Å²) in [5.41, 5.74) is 24.4. The van der Waals surface area contributed by atoms with Gasteiger partial charge in [-0.3, -0.25) is 19.9 Å². The first-order valence-corrected chi connectivity index (χ1v) is 39.0. The Balaban J connectivity index is 0.000000295. The zero-order chi connectivity index (χ0) is 81.7. The summed E-state index contributed by atoms with van der Waals surface area (Å²) in [5.74, 6) is 0. The maximum Gasteiger partial charge on any atom is 0.0536 e. The zero-order valence-electron chi connectivity index (χ0n) is 69.2. The quantitative estimate of drug-likeness (QED) is 0.0443. The van der Waals surface area contributed by atoms with Crippen LogP contribution in [0.5, 0.6) is 0 Å². The van der Waals surface area contributed by atoms with E-state index in [0.717, 1.165) is 91.3 Å². The van der Waals surface area contributed by atoms with Crippen molar-refractivity contribution >= 4 is 33.5 Å². The molecule has 6 heterocycles. The molecule has 1 aliphatic carbocycles. The second kappa shape index (κ2) is 51.0. The first-order valence-electron chi connectivity index (χ1n) is 39.0. The molecule has 15 rings (SSSR count). The molecule has 8 N–H and O–H groups in total. The molecular formula is C95H112Ir4N10O8-4. The van der Waals surface area contributed by atoms with E-state index in [9.17, 15) is 0 Å². The molecule has 630 valence electrons. The van der Waals surface area contributed by atoms with Crippen LogP contribution in [0.1, 0.15) is 153 Å². The minimum atomic E-state index is -0.375. The van der Waals surface area contributed by atoms with Crippen molar-refractivity contribution < 1.29 is 121 Å². The van der Waals surface area contributed by atoms with E-state index in [4.69, 9.17) is 40.9 Å². The predicted octanol–water partition coefficient (Wildman–Crippen LogP) is 17.2. The van der Waals surface area contributed by atoms with Gasteiger partial charge in [-0.05, 0) is 181 Å². The summed E-state index contributed by atoms with van der Waals surface area (Å²) < 4.78 is 0. The van der Waals surface area contributed by atoms with Crippen molar-refractivity contribution in [1.29, 1.82) is 0 Å². The SMILES string of the molecule is CC(O)CC(C)O.CC(O)CC(C)O.CC(O)CC(C)O.CC(O)CC(C)O.Cc1nccnc1-c1[c-]c2c3c(c1)CCCN3CCC2.Cc1nccnc1-c1[c-]cc(N(c2ccccc2)c2ccccc2)cc1.Cc1nccnc1-c1[c-]cc2c(c1)C(C)(C)c1ccccc1-2.Cc1nccnc1-c1[c-]cc2ccccc2c1.[Ir].[Ir].[Ir].[Ir]. The molecule has 0 amide bonds. The number of hydrogen-bond acceptors (Lipinski definition) is 18. The van der Waals surface area contributed by atoms with Crippen LogP contribution in [0.2, 0.25) is 0 Å². The average molecular weight is 2290 g/mol. The van der Waals surface area contributed by atoms with E-state index in [1.165, 1.54) is 82.2 Å². The summed E-state index contributed by atoms with van der Waals surface area (Å²) in [5, 5.41) is 70.9. The van der Waals surface area contributed by atoms with Crippen molar-refractivity contribution in [2.24, 2.45) is 0 Å². The Morgan fingerprint density at radius 2 is 0.744 bits per heavy atom. The predicted molar refractivity (Wildman–Crippen MR) is 455 cm³/mol. The van der Waals surface area contributed by atoms with E-state index in [0.29, 0.717) is 25.7 Å². The fourth-order valence-electron chi connectivity index (χ4n) is 13.8. The van der Waals surface area contributed by atoms with Gasteiger partial charge in [0.2, 0.25) is 0 Å². The molecule has 0 spiro atoms. The van der Waals surface area contributed by atoms with Gasteiger partial charge in [0.15, 0.2) is 0 Å². The van der Waals surface area contributed by atoms with Gasteiger partial charge in [0, 0.05) is 200 Å². The van der Waals surface area contributed by atoms with Gasteiger partial charge < -0.3 is 70.6 Å². The molecule has 0 bridgehead atoms. The Kier molecular flexibility index (Phi) is 44.3. The molecule has 8 atom stereocenters. The van der Waals surface area contributed by atoms with Crippen LogP contribution in [0, 0.1) is 52.0 Å². The first kappa shape index (κ1) is 102. The van der Waals surface area contributed by atoms with Gasteiger partial charge in [0.05, 0.1) is 48.8 Å². The number of aromatic nitrogens is 8. The van der Waals surface area contributed by atoms with Crippen LogP contribution >= 0.6 is 0 Å². The van der Waals surface area contributed by atoms with E-state index < -0.39 is 0 Å². The van der Waals surface area contributed by atoms with E-state index >= 15 is 0 Å². The van der Waals surface area contributed by atoms with Gasteiger partial charge in [-0.25, -0.2) is 0 Å². The third-order valence-electron chi connectivity index (χ3n) is 18.8. The van der Waals surface area contributed by atoms with Crippen molar-refractivity contribution in [3.63, 3.8) is 0 Å². The monoisotopic (exact) mass is 2290 g/mol. The number of fused-ring (bicyclic) bond motifs is 4. The van der Waals surface area contributed by atoms with Gasteiger partial charge in [-0.2, -0.15) is 0 Å². The number of benzene rings is 8. The van der Waals surface area contributed by atoms with E-state index in [2.05, 4.69) is 179 Å². The summed E-state index contributed by atoms with van der Waals surface area (Å²) in [6.07, 6.45) is 17.5. The van der Waals surface area contributed by atoms with Gasteiger partial charge >= 0.3 is 0 Å². The van der Waals surface area contributed by atoms with Crippen molar-refractivity contribution in [2.75, 3.05) is 22.9 Å². The molecule has 12 aromatic rings. The maximum absolute atomic E-state index is 8.56. The van der Waals surface area contributed by atoms with E-state index in [-0.39, 0.29) is 135 Å². The summed E-state index contributed by atoms with van der Waals surface area (Å²) in [6.45, 7) is 28.2. The topological polar surface area (TPSA) is 271 Å². The summed E-state index contributed by atoms with van der Waals surface area (Å²) in [6, 6.07) is 68.1. The van der Waals surface area contributed by atoms with Gasteiger partial charge in [-0.1, -0.05) is 115 Å². The van der Waals surface area contributed by atoms with Gasteiger partial charge in [0.1, 0.15) is 0 Å². The van der Waals surface area contributed by atoms with Crippen molar-refractivity contribution in [3.8, 4) is 56.2 Å². The number of nitrogens with zero attached hydrogens (tertiary/aromatic N) is 10. The molecule has 22 heteroatoms. The molecule has 117 heavy (non-hydrogen) atoms. The standard InChI is InChI=1S/C23H18N3.C20H17N2.C17H18N3.C15H11N2.4C5H12O2.4Ir/c1-18-23(25-17-16-24-18)19-12-14-22(15-13-19)26(20-8-4-2-5-9-20)21-10-6-3-7-11-21;1-13-19(22-11-10-21-13)14-8-9-16-15-6-4-5-7-17(15)20(2,3)18(16)12-14;1-12-16(19-7-6-18-12)15-10-13-4-2-8-20-9-3-5-14(11-15)17(13)20;1-11-15(17-9-8-16-11)14-7-6-12-4-2-3-5-13(12)10-14;4*1-4(6)3-5(2)7;;;;/h2-12,14-17H,1H3;4-7,9-12H,1-3H3;6-7,10H,2-5,8-9H2,1H3;2-6,8-10H,1H3;4*4-7H,3H2,1-2H3;;;;/q4*-1;;;;;;;;. The molecule has 8 aromatic carbocycles. The summed E-state index contributed by atoms with van der Waals surface area (Å²) in [4.78, 5) is 39.8. The second-order valence-corrected chi connectivity index (χ2v) is 29.7. The van der Waals surface area contributed by atoms with Crippen LogP contribution in [0.4, 0.5) is 22.7 Å². The molecule has 0 saturated carbocycles. The Labute approximate surface area is 746 Å². The van der Waals surface area contributed by atoms with Crippen molar-refractivity contribution in [1.82, 2.24) is 39.9 Å². The van der Waals surface area contributed by atoms with E-state index in [1.54, 1.807) is 105 Å². The molecular weight excluding hydrogens is 2180 g/mol. The normalized spacial score (nSPS) is 14.0. The number of aliphatic hydroxyl groups excluding tert-OH is 8. The fraction of sp³-hybridized carbons (Fsp3) is 0.347. The number of para-hydroxylation sites is 2. The number of aryl methyl sites for hydroxylation is 6.